The lowest BCUT2D eigenvalue weighted by atomic mass is 10.2. The van der Waals surface area contributed by atoms with Gasteiger partial charge in [-0.15, -0.1) is 0 Å². The van der Waals surface area contributed by atoms with Crippen molar-refractivity contribution in [3.05, 3.63) is 0 Å². The molecule has 0 saturated heterocycles. The molecule has 0 spiro atoms. The fourth-order valence-electron chi connectivity index (χ4n) is 1.65. The van der Waals surface area contributed by atoms with Crippen LogP contribution in [-0.4, -0.2) is 43.0 Å². The molecule has 0 bridgehead atoms. The van der Waals surface area contributed by atoms with Gasteiger partial charge >= 0.3 is 0 Å². The van der Waals surface area contributed by atoms with Crippen molar-refractivity contribution in [2.45, 2.75) is 46.1 Å². The minimum Gasteiger partial charge on any atom is -0.353 e. The minimum absolute atomic E-state index is 0.0191. The molecular weight excluding hydrogens is 202 g/mol. The van der Waals surface area contributed by atoms with Crippen LogP contribution in [0.15, 0.2) is 0 Å². The number of rotatable bonds is 9. The molecule has 0 radical (unpaired) electrons. The molecule has 4 heteroatoms. The summed E-state index contributed by atoms with van der Waals surface area (Å²) in [5, 5.41) is 2.88. The standard InChI is InChI=1S/C12H27N3O/c1-4-7-11(13)12(16)14-8-10-15(6-3)9-5-2/h11H,4-10,13H2,1-3H3,(H,14,16)/t11-/m1/s1. The Morgan fingerprint density at radius 3 is 2.44 bits per heavy atom. The molecule has 16 heavy (non-hydrogen) atoms. The van der Waals surface area contributed by atoms with E-state index in [2.05, 4.69) is 24.1 Å². The third-order valence-corrected chi connectivity index (χ3v) is 2.65. The second-order valence-electron chi connectivity index (χ2n) is 4.12. The zero-order valence-electron chi connectivity index (χ0n) is 11.0. The van der Waals surface area contributed by atoms with Gasteiger partial charge in [-0.1, -0.05) is 27.2 Å². The highest BCUT2D eigenvalue weighted by molar-refractivity contribution is 5.81. The molecule has 0 aromatic heterocycles. The summed E-state index contributed by atoms with van der Waals surface area (Å²) in [7, 11) is 0. The fraction of sp³-hybridized carbons (Fsp3) is 0.917. The van der Waals surface area contributed by atoms with Gasteiger partial charge in [-0.3, -0.25) is 4.79 Å². The lowest BCUT2D eigenvalue weighted by Crippen LogP contribution is -2.43. The van der Waals surface area contributed by atoms with Crippen molar-refractivity contribution in [1.29, 1.82) is 0 Å². The third kappa shape index (κ3) is 6.80. The zero-order chi connectivity index (χ0) is 12.4. The van der Waals surface area contributed by atoms with E-state index in [0.29, 0.717) is 6.54 Å². The summed E-state index contributed by atoms with van der Waals surface area (Å²) in [5.74, 6) is -0.0191. The number of carbonyl (C=O) groups excluding carboxylic acids is 1. The molecule has 3 N–H and O–H groups in total. The number of carbonyl (C=O) groups is 1. The molecule has 0 fully saturated rings. The van der Waals surface area contributed by atoms with Gasteiger partial charge in [0, 0.05) is 13.1 Å². The van der Waals surface area contributed by atoms with Gasteiger partial charge in [-0.05, 0) is 25.9 Å². The van der Waals surface area contributed by atoms with E-state index in [-0.39, 0.29) is 11.9 Å². The number of nitrogens with one attached hydrogen (secondary N) is 1. The van der Waals surface area contributed by atoms with Crippen molar-refractivity contribution in [2.24, 2.45) is 5.73 Å². The largest absolute Gasteiger partial charge is 0.353 e. The van der Waals surface area contributed by atoms with Gasteiger partial charge in [0.05, 0.1) is 6.04 Å². The molecule has 0 aliphatic rings. The lowest BCUT2D eigenvalue weighted by molar-refractivity contribution is -0.122. The first kappa shape index (κ1) is 15.4. The Morgan fingerprint density at radius 2 is 1.94 bits per heavy atom. The Balaban J connectivity index is 3.66. The van der Waals surface area contributed by atoms with Crippen LogP contribution in [0.4, 0.5) is 0 Å². The maximum Gasteiger partial charge on any atom is 0.236 e. The smallest absolute Gasteiger partial charge is 0.236 e. The maximum atomic E-state index is 11.5. The molecule has 1 atom stereocenters. The maximum absolute atomic E-state index is 11.5. The molecule has 0 aromatic carbocycles. The molecule has 0 heterocycles. The van der Waals surface area contributed by atoms with Gasteiger partial charge in [0.1, 0.15) is 0 Å². The van der Waals surface area contributed by atoms with Gasteiger partial charge in [-0.25, -0.2) is 0 Å². The van der Waals surface area contributed by atoms with Crippen molar-refractivity contribution >= 4 is 5.91 Å². The first-order chi connectivity index (χ1) is 7.65. The highest BCUT2D eigenvalue weighted by atomic mass is 16.2. The Hall–Kier alpha value is -0.610. The third-order valence-electron chi connectivity index (χ3n) is 2.65. The number of likely N-dealkylation sites (N-methyl/N-ethyl adjacent to an activating group) is 1. The average Bonchev–Trinajstić information content (AvgIpc) is 2.28. The van der Waals surface area contributed by atoms with E-state index in [0.717, 1.165) is 38.9 Å². The topological polar surface area (TPSA) is 58.4 Å². The monoisotopic (exact) mass is 229 g/mol. The summed E-state index contributed by atoms with van der Waals surface area (Å²) in [6.07, 6.45) is 2.86. The van der Waals surface area contributed by atoms with Crippen molar-refractivity contribution < 1.29 is 4.79 Å². The molecular formula is C12H27N3O. The SMILES string of the molecule is CCC[C@@H](N)C(=O)NCCN(CC)CCC. The van der Waals surface area contributed by atoms with Crippen LogP contribution in [0.5, 0.6) is 0 Å². The van der Waals surface area contributed by atoms with Crippen LogP contribution in [-0.2, 0) is 4.79 Å². The summed E-state index contributed by atoms with van der Waals surface area (Å²) in [4.78, 5) is 13.8. The molecule has 0 unspecified atom stereocenters. The quantitative estimate of drug-likeness (QED) is 0.619. The molecule has 96 valence electrons. The predicted molar refractivity (Wildman–Crippen MR) is 68.3 cm³/mol. The highest BCUT2D eigenvalue weighted by Crippen LogP contribution is 1.93. The van der Waals surface area contributed by atoms with E-state index in [1.165, 1.54) is 0 Å². The Bertz CT molecular complexity index is 185. The normalized spacial score (nSPS) is 12.8. The van der Waals surface area contributed by atoms with Crippen LogP contribution in [0.2, 0.25) is 0 Å². The number of amides is 1. The zero-order valence-corrected chi connectivity index (χ0v) is 11.0. The van der Waals surface area contributed by atoms with Crippen LogP contribution in [0, 0.1) is 0 Å². The lowest BCUT2D eigenvalue weighted by Gasteiger charge is -2.20. The molecule has 1 amide bonds. The van der Waals surface area contributed by atoms with Gasteiger partial charge in [0.2, 0.25) is 5.91 Å². The average molecular weight is 229 g/mol. The Kier molecular flexibility index (Phi) is 9.24. The van der Waals surface area contributed by atoms with Crippen LogP contribution in [0.25, 0.3) is 0 Å². The number of nitrogens with two attached hydrogens (primary N) is 1. The molecule has 0 aliphatic carbocycles. The minimum atomic E-state index is -0.341. The number of hydrogen-bond acceptors (Lipinski definition) is 3. The van der Waals surface area contributed by atoms with E-state index in [1.807, 2.05) is 6.92 Å². The van der Waals surface area contributed by atoms with E-state index in [1.54, 1.807) is 0 Å². The fourth-order valence-corrected chi connectivity index (χ4v) is 1.65. The summed E-state index contributed by atoms with van der Waals surface area (Å²) in [6, 6.07) is -0.341. The van der Waals surface area contributed by atoms with Crippen molar-refractivity contribution in [2.75, 3.05) is 26.2 Å². The second kappa shape index (κ2) is 9.60. The van der Waals surface area contributed by atoms with Crippen molar-refractivity contribution in [3.63, 3.8) is 0 Å². The first-order valence-electron chi connectivity index (χ1n) is 6.41. The van der Waals surface area contributed by atoms with Crippen LogP contribution in [0.3, 0.4) is 0 Å². The molecule has 0 rings (SSSR count). The summed E-state index contributed by atoms with van der Waals surface area (Å²) in [5.41, 5.74) is 5.71. The van der Waals surface area contributed by atoms with Crippen LogP contribution in [0.1, 0.15) is 40.0 Å². The predicted octanol–water partition coefficient (Wildman–Crippen LogP) is 0.962. The number of hydrogen-bond donors (Lipinski definition) is 2. The molecule has 0 aliphatic heterocycles. The van der Waals surface area contributed by atoms with E-state index in [4.69, 9.17) is 5.73 Å². The van der Waals surface area contributed by atoms with E-state index >= 15 is 0 Å². The van der Waals surface area contributed by atoms with E-state index in [9.17, 15) is 4.79 Å². The van der Waals surface area contributed by atoms with Gasteiger partial charge < -0.3 is 16.0 Å². The second-order valence-corrected chi connectivity index (χ2v) is 4.12. The van der Waals surface area contributed by atoms with Gasteiger partial charge in [-0.2, -0.15) is 0 Å². The van der Waals surface area contributed by atoms with Crippen LogP contribution >= 0.6 is 0 Å². The van der Waals surface area contributed by atoms with Gasteiger partial charge in [0.15, 0.2) is 0 Å². The van der Waals surface area contributed by atoms with Crippen molar-refractivity contribution in [3.8, 4) is 0 Å². The molecule has 0 aromatic rings. The summed E-state index contributed by atoms with van der Waals surface area (Å²) >= 11 is 0. The van der Waals surface area contributed by atoms with E-state index < -0.39 is 0 Å². The van der Waals surface area contributed by atoms with Crippen LogP contribution < -0.4 is 11.1 Å². The summed E-state index contributed by atoms with van der Waals surface area (Å²) < 4.78 is 0. The highest BCUT2D eigenvalue weighted by Gasteiger charge is 2.11. The summed E-state index contributed by atoms with van der Waals surface area (Å²) in [6.45, 7) is 10.1. The van der Waals surface area contributed by atoms with Crippen molar-refractivity contribution in [1.82, 2.24) is 10.2 Å². The van der Waals surface area contributed by atoms with Gasteiger partial charge in [0.25, 0.3) is 0 Å². The first-order valence-corrected chi connectivity index (χ1v) is 6.41. The number of nitrogens with zero attached hydrogens (tertiary/aromatic N) is 1. The molecule has 0 saturated carbocycles. The Morgan fingerprint density at radius 1 is 1.25 bits per heavy atom. The molecule has 4 nitrogen and oxygen atoms in total. The Labute approximate surface area is 99.6 Å².